The molecule has 3 aromatic rings. The minimum atomic E-state index is -0.510. The molecule has 1 amide bonds. The van der Waals surface area contributed by atoms with E-state index in [0.717, 1.165) is 19.0 Å². The Morgan fingerprint density at radius 3 is 2.67 bits per heavy atom. The molecular weight excluding hydrogens is 349 g/mol. The summed E-state index contributed by atoms with van der Waals surface area (Å²) in [5.41, 5.74) is 1.63. The molecular formula is C19H16FN5O2. The molecule has 1 fully saturated rings. The van der Waals surface area contributed by atoms with Gasteiger partial charge in [-0.1, -0.05) is 0 Å². The predicted octanol–water partition coefficient (Wildman–Crippen LogP) is 3.10. The standard InChI is InChI=1S/C19H16FN5O2/c1-27-16-5-4-12(8-22-16)17-18(13-6-7-21-9-14(13)20)23-10-15(24-17)25-19(26)11-2-3-11/h4-11H,2-3H2,1H3,(H,24,25,26). The highest BCUT2D eigenvalue weighted by Gasteiger charge is 2.30. The third-order valence-electron chi connectivity index (χ3n) is 4.22. The molecule has 0 bridgehead atoms. The number of hydrogen-bond acceptors (Lipinski definition) is 6. The summed E-state index contributed by atoms with van der Waals surface area (Å²) in [6, 6.07) is 4.96. The number of anilines is 1. The van der Waals surface area contributed by atoms with Crippen LogP contribution < -0.4 is 10.1 Å². The third-order valence-corrected chi connectivity index (χ3v) is 4.22. The van der Waals surface area contributed by atoms with Crippen LogP contribution in [-0.2, 0) is 4.79 Å². The number of hydrogen-bond donors (Lipinski definition) is 1. The van der Waals surface area contributed by atoms with Gasteiger partial charge in [0, 0.05) is 35.5 Å². The molecule has 0 saturated heterocycles. The topological polar surface area (TPSA) is 89.9 Å². The first-order valence-corrected chi connectivity index (χ1v) is 8.44. The lowest BCUT2D eigenvalue weighted by Crippen LogP contribution is -2.15. The van der Waals surface area contributed by atoms with Crippen molar-refractivity contribution in [2.24, 2.45) is 5.92 Å². The molecule has 1 aliphatic rings. The Balaban J connectivity index is 1.79. The SMILES string of the molecule is COc1ccc(-c2nc(NC(=O)C3CC3)cnc2-c2ccncc2F)cn1. The van der Waals surface area contributed by atoms with Gasteiger partial charge in [-0.15, -0.1) is 0 Å². The van der Waals surface area contributed by atoms with Gasteiger partial charge in [0.15, 0.2) is 11.6 Å². The van der Waals surface area contributed by atoms with Crippen molar-refractivity contribution in [2.75, 3.05) is 12.4 Å². The van der Waals surface area contributed by atoms with Crippen LogP contribution in [0.1, 0.15) is 12.8 Å². The quantitative estimate of drug-likeness (QED) is 0.747. The molecule has 0 atom stereocenters. The Morgan fingerprint density at radius 1 is 1.15 bits per heavy atom. The lowest BCUT2D eigenvalue weighted by Gasteiger charge is -2.12. The summed E-state index contributed by atoms with van der Waals surface area (Å²) in [4.78, 5) is 28.8. The first-order chi connectivity index (χ1) is 13.2. The number of carbonyl (C=O) groups is 1. The van der Waals surface area contributed by atoms with E-state index in [9.17, 15) is 9.18 Å². The highest BCUT2D eigenvalue weighted by molar-refractivity contribution is 5.93. The van der Waals surface area contributed by atoms with Gasteiger partial charge in [0.25, 0.3) is 0 Å². The third kappa shape index (κ3) is 3.59. The largest absolute Gasteiger partial charge is 0.481 e. The zero-order valence-corrected chi connectivity index (χ0v) is 14.5. The molecule has 7 nitrogen and oxygen atoms in total. The zero-order valence-electron chi connectivity index (χ0n) is 14.5. The fraction of sp³-hybridized carbons (Fsp3) is 0.211. The fourth-order valence-corrected chi connectivity index (χ4v) is 2.63. The maximum atomic E-state index is 14.3. The van der Waals surface area contributed by atoms with Crippen LogP contribution in [0.2, 0.25) is 0 Å². The molecule has 0 spiro atoms. The lowest BCUT2D eigenvalue weighted by atomic mass is 10.1. The summed E-state index contributed by atoms with van der Waals surface area (Å²) in [5, 5.41) is 2.77. The van der Waals surface area contributed by atoms with Crippen LogP contribution in [-0.4, -0.2) is 33.0 Å². The Kier molecular flexibility index (Phi) is 4.45. The van der Waals surface area contributed by atoms with Crippen LogP contribution in [0.25, 0.3) is 22.5 Å². The van der Waals surface area contributed by atoms with Crippen LogP contribution in [0.4, 0.5) is 10.2 Å². The molecule has 8 heteroatoms. The molecule has 4 rings (SSSR count). The maximum Gasteiger partial charge on any atom is 0.228 e. The summed E-state index contributed by atoms with van der Waals surface area (Å²) >= 11 is 0. The highest BCUT2D eigenvalue weighted by atomic mass is 19.1. The van der Waals surface area contributed by atoms with E-state index in [-0.39, 0.29) is 17.4 Å². The Bertz CT molecular complexity index is 990. The van der Waals surface area contributed by atoms with Crippen molar-refractivity contribution in [3.8, 4) is 28.4 Å². The average molecular weight is 365 g/mol. The number of nitrogens with one attached hydrogen (secondary N) is 1. The summed E-state index contributed by atoms with van der Waals surface area (Å²) in [7, 11) is 1.52. The van der Waals surface area contributed by atoms with E-state index in [0.29, 0.717) is 28.6 Å². The van der Waals surface area contributed by atoms with E-state index >= 15 is 0 Å². The van der Waals surface area contributed by atoms with Crippen molar-refractivity contribution in [2.45, 2.75) is 12.8 Å². The van der Waals surface area contributed by atoms with Crippen molar-refractivity contribution in [3.63, 3.8) is 0 Å². The number of halogens is 1. The Hall–Kier alpha value is -3.42. The van der Waals surface area contributed by atoms with Gasteiger partial charge in [0.2, 0.25) is 11.8 Å². The number of aromatic nitrogens is 4. The van der Waals surface area contributed by atoms with E-state index in [1.165, 1.54) is 25.6 Å². The normalized spacial score (nSPS) is 13.3. The lowest BCUT2D eigenvalue weighted by molar-refractivity contribution is -0.117. The molecule has 0 radical (unpaired) electrons. The molecule has 1 N–H and O–H groups in total. The predicted molar refractivity (Wildman–Crippen MR) is 96.4 cm³/mol. The summed E-state index contributed by atoms with van der Waals surface area (Å²) < 4.78 is 19.4. The number of methoxy groups -OCH3 is 1. The first kappa shape index (κ1) is 17.0. The van der Waals surface area contributed by atoms with Crippen molar-refractivity contribution in [3.05, 3.63) is 48.8 Å². The molecule has 0 aromatic carbocycles. The van der Waals surface area contributed by atoms with Gasteiger partial charge in [-0.3, -0.25) is 9.78 Å². The number of carbonyl (C=O) groups excluding carboxylic acids is 1. The molecule has 1 aliphatic carbocycles. The van der Waals surface area contributed by atoms with Crippen LogP contribution >= 0.6 is 0 Å². The highest BCUT2D eigenvalue weighted by Crippen LogP contribution is 2.33. The number of rotatable bonds is 5. The monoisotopic (exact) mass is 365 g/mol. The summed E-state index contributed by atoms with van der Waals surface area (Å²) in [6.45, 7) is 0. The van der Waals surface area contributed by atoms with Gasteiger partial charge >= 0.3 is 0 Å². The number of pyridine rings is 2. The second-order valence-electron chi connectivity index (χ2n) is 6.16. The van der Waals surface area contributed by atoms with Gasteiger partial charge in [-0.2, -0.15) is 0 Å². The molecule has 3 aromatic heterocycles. The maximum absolute atomic E-state index is 14.3. The van der Waals surface area contributed by atoms with Gasteiger partial charge < -0.3 is 10.1 Å². The summed E-state index contributed by atoms with van der Waals surface area (Å²) in [5.74, 6) is 0.211. The molecule has 1 saturated carbocycles. The molecule has 136 valence electrons. The first-order valence-electron chi connectivity index (χ1n) is 8.44. The Labute approximate surface area is 154 Å². The second kappa shape index (κ2) is 7.06. The van der Waals surface area contributed by atoms with E-state index in [1.54, 1.807) is 18.3 Å². The minimum Gasteiger partial charge on any atom is -0.481 e. The Morgan fingerprint density at radius 2 is 2.00 bits per heavy atom. The number of amides is 1. The smallest absolute Gasteiger partial charge is 0.228 e. The molecule has 3 heterocycles. The fourth-order valence-electron chi connectivity index (χ4n) is 2.63. The summed E-state index contributed by atoms with van der Waals surface area (Å²) in [6.07, 6.45) is 7.37. The van der Waals surface area contributed by atoms with E-state index in [2.05, 4.69) is 25.3 Å². The van der Waals surface area contributed by atoms with Crippen molar-refractivity contribution in [1.82, 2.24) is 19.9 Å². The van der Waals surface area contributed by atoms with Crippen LogP contribution in [0.15, 0.2) is 43.0 Å². The minimum absolute atomic E-state index is 0.0372. The van der Waals surface area contributed by atoms with E-state index in [1.807, 2.05) is 0 Å². The molecule has 0 aliphatic heterocycles. The van der Waals surface area contributed by atoms with Crippen molar-refractivity contribution >= 4 is 11.7 Å². The molecule has 27 heavy (non-hydrogen) atoms. The van der Waals surface area contributed by atoms with E-state index < -0.39 is 5.82 Å². The van der Waals surface area contributed by atoms with E-state index in [4.69, 9.17) is 4.74 Å². The number of nitrogens with zero attached hydrogens (tertiary/aromatic N) is 4. The average Bonchev–Trinajstić information content (AvgIpc) is 3.54. The van der Waals surface area contributed by atoms with Gasteiger partial charge in [-0.05, 0) is 25.0 Å². The zero-order chi connectivity index (χ0) is 18.8. The van der Waals surface area contributed by atoms with Gasteiger partial charge in [-0.25, -0.2) is 19.3 Å². The van der Waals surface area contributed by atoms with Gasteiger partial charge in [0.05, 0.1) is 25.2 Å². The van der Waals surface area contributed by atoms with Crippen molar-refractivity contribution in [1.29, 1.82) is 0 Å². The molecule has 0 unspecified atom stereocenters. The van der Waals surface area contributed by atoms with Crippen LogP contribution in [0.3, 0.4) is 0 Å². The van der Waals surface area contributed by atoms with Crippen molar-refractivity contribution < 1.29 is 13.9 Å². The second-order valence-corrected chi connectivity index (χ2v) is 6.16. The van der Waals surface area contributed by atoms with Crippen LogP contribution in [0, 0.1) is 11.7 Å². The van der Waals surface area contributed by atoms with Gasteiger partial charge in [0.1, 0.15) is 5.69 Å². The van der Waals surface area contributed by atoms with Crippen LogP contribution in [0.5, 0.6) is 5.88 Å². The number of ether oxygens (including phenoxy) is 1.